The number of nitrogens with one attached hydrogen (secondary N) is 2. The van der Waals surface area contributed by atoms with Gasteiger partial charge in [-0.3, -0.25) is 5.32 Å². The molecule has 0 aromatic heterocycles. The van der Waals surface area contributed by atoms with Crippen molar-refractivity contribution in [3.05, 3.63) is 29.8 Å². The minimum Gasteiger partial charge on any atom is -0.444 e. The van der Waals surface area contributed by atoms with E-state index in [0.717, 1.165) is 11.8 Å². The summed E-state index contributed by atoms with van der Waals surface area (Å²) >= 11 is 0. The lowest BCUT2D eigenvalue weighted by atomic mass is 10.2. The third-order valence-electron chi connectivity index (χ3n) is 3.08. The number of ether oxygens (including phenoxy) is 1. The normalized spacial score (nSPS) is 14.8. The molecule has 1 aromatic rings. The Morgan fingerprint density at radius 3 is 2.25 bits per heavy atom. The Balaban J connectivity index is 2.50. The van der Waals surface area contributed by atoms with E-state index >= 15 is 0 Å². The van der Waals surface area contributed by atoms with E-state index in [-0.39, 0.29) is 4.90 Å². The van der Waals surface area contributed by atoms with Gasteiger partial charge in [-0.1, -0.05) is 12.1 Å². The van der Waals surface area contributed by atoms with Crippen LogP contribution in [-0.2, 0) is 21.1 Å². The maximum atomic E-state index is 11.7. The van der Waals surface area contributed by atoms with Gasteiger partial charge in [0.25, 0.3) is 0 Å². The maximum Gasteiger partial charge on any atom is 0.408 e. The largest absolute Gasteiger partial charge is 0.444 e. The summed E-state index contributed by atoms with van der Waals surface area (Å²) in [6.45, 7) is 7.24. The number of carbonyl (C=O) groups excluding carboxylic acids is 1. The highest BCUT2D eigenvalue weighted by Gasteiger charge is 2.21. The van der Waals surface area contributed by atoms with Gasteiger partial charge in [0.1, 0.15) is 11.8 Å². The average molecular weight is 358 g/mol. The first-order chi connectivity index (χ1) is 10.9. The molecule has 24 heavy (non-hydrogen) atoms. The molecule has 1 unspecified atom stereocenters. The zero-order valence-electron chi connectivity index (χ0n) is 14.7. The molecule has 2 atom stereocenters. The molecule has 1 aromatic carbocycles. The van der Waals surface area contributed by atoms with E-state index in [2.05, 4.69) is 10.6 Å². The summed E-state index contributed by atoms with van der Waals surface area (Å²) in [5, 5.41) is 15.4. The van der Waals surface area contributed by atoms with Crippen molar-refractivity contribution in [1.29, 1.82) is 0 Å². The zero-order chi connectivity index (χ0) is 18.5. The molecule has 8 heteroatoms. The molecule has 0 aliphatic rings. The summed E-state index contributed by atoms with van der Waals surface area (Å²) in [4.78, 5) is 11.9. The quantitative estimate of drug-likeness (QED) is 0.664. The Morgan fingerprint density at radius 1 is 1.25 bits per heavy atom. The molecule has 0 aliphatic carbocycles. The molecule has 0 bridgehead atoms. The molecule has 0 radical (unpaired) electrons. The second-order valence-electron chi connectivity index (χ2n) is 6.68. The van der Waals surface area contributed by atoms with Crippen LogP contribution >= 0.6 is 0 Å². The van der Waals surface area contributed by atoms with Gasteiger partial charge in [0.2, 0.25) is 0 Å². The molecule has 3 N–H and O–H groups in total. The lowest BCUT2D eigenvalue weighted by molar-refractivity contribution is 0.0395. The molecule has 0 saturated heterocycles. The molecule has 1 rings (SSSR count). The molecule has 0 aliphatic heterocycles. The van der Waals surface area contributed by atoms with Crippen LogP contribution in [0.15, 0.2) is 29.2 Å². The smallest absolute Gasteiger partial charge is 0.408 e. The maximum absolute atomic E-state index is 11.7. The van der Waals surface area contributed by atoms with Crippen LogP contribution in [0.5, 0.6) is 0 Å². The molecule has 0 saturated carbocycles. The minimum absolute atomic E-state index is 0.242. The average Bonchev–Trinajstić information content (AvgIpc) is 2.42. The summed E-state index contributed by atoms with van der Waals surface area (Å²) in [7, 11) is -3.22. The first-order valence-corrected chi connectivity index (χ1v) is 9.47. The van der Waals surface area contributed by atoms with E-state index in [0.29, 0.717) is 6.54 Å². The third-order valence-corrected chi connectivity index (χ3v) is 4.21. The van der Waals surface area contributed by atoms with Gasteiger partial charge in [-0.25, -0.2) is 13.2 Å². The number of aliphatic hydroxyl groups is 1. The first kappa shape index (κ1) is 20.4. The van der Waals surface area contributed by atoms with Crippen molar-refractivity contribution < 1.29 is 23.1 Å². The molecule has 7 nitrogen and oxygen atoms in total. The highest BCUT2D eigenvalue weighted by Crippen LogP contribution is 2.10. The number of sulfone groups is 1. The van der Waals surface area contributed by atoms with E-state index < -0.39 is 33.8 Å². The van der Waals surface area contributed by atoms with Crippen molar-refractivity contribution in [2.75, 3.05) is 6.26 Å². The topological polar surface area (TPSA) is 105 Å². The Morgan fingerprint density at radius 2 is 1.79 bits per heavy atom. The van der Waals surface area contributed by atoms with Gasteiger partial charge < -0.3 is 15.2 Å². The number of alkyl carbamates (subject to hydrolysis) is 1. The predicted molar refractivity (Wildman–Crippen MR) is 91.2 cm³/mol. The van der Waals surface area contributed by atoms with Crippen LogP contribution in [0.1, 0.15) is 33.3 Å². The van der Waals surface area contributed by atoms with Crippen molar-refractivity contribution in [2.24, 2.45) is 0 Å². The molecular weight excluding hydrogens is 332 g/mol. The van der Waals surface area contributed by atoms with Gasteiger partial charge in [0.05, 0.1) is 10.9 Å². The van der Waals surface area contributed by atoms with Gasteiger partial charge in [-0.15, -0.1) is 0 Å². The van der Waals surface area contributed by atoms with Crippen LogP contribution in [-0.4, -0.2) is 43.7 Å². The summed E-state index contributed by atoms with van der Waals surface area (Å²) in [5.74, 6) is 0. The lowest BCUT2D eigenvalue weighted by Gasteiger charge is -2.24. The fraction of sp³-hybridized carbons (Fsp3) is 0.562. The molecule has 0 heterocycles. The van der Waals surface area contributed by atoms with Crippen LogP contribution < -0.4 is 10.6 Å². The monoisotopic (exact) mass is 358 g/mol. The molecule has 0 fully saturated rings. The molecule has 1 amide bonds. The summed E-state index contributed by atoms with van der Waals surface area (Å²) in [5.41, 5.74) is 0.203. The fourth-order valence-corrected chi connectivity index (χ4v) is 2.46. The predicted octanol–water partition coefficient (Wildman–Crippen LogP) is 1.41. The van der Waals surface area contributed by atoms with E-state index in [1.807, 2.05) is 0 Å². The fourth-order valence-electron chi connectivity index (χ4n) is 1.83. The van der Waals surface area contributed by atoms with Gasteiger partial charge in [-0.05, 0) is 45.4 Å². The summed E-state index contributed by atoms with van der Waals surface area (Å²) < 4.78 is 27.9. The van der Waals surface area contributed by atoms with E-state index in [9.17, 15) is 18.3 Å². The number of hydrogen-bond donors (Lipinski definition) is 3. The van der Waals surface area contributed by atoms with Crippen molar-refractivity contribution in [2.45, 2.75) is 57.0 Å². The number of amides is 1. The number of aliphatic hydroxyl groups excluding tert-OH is 1. The van der Waals surface area contributed by atoms with Crippen molar-refractivity contribution >= 4 is 15.9 Å². The zero-order valence-corrected chi connectivity index (χ0v) is 15.5. The third kappa shape index (κ3) is 7.29. The Hall–Kier alpha value is -1.64. The Labute approximate surface area is 143 Å². The van der Waals surface area contributed by atoms with E-state index in [4.69, 9.17) is 4.74 Å². The van der Waals surface area contributed by atoms with Gasteiger partial charge in [0.15, 0.2) is 9.84 Å². The van der Waals surface area contributed by atoms with Crippen LogP contribution in [0, 0.1) is 0 Å². The number of carbonyl (C=O) groups is 1. The number of hydrogen-bond acceptors (Lipinski definition) is 6. The molecule has 136 valence electrons. The van der Waals surface area contributed by atoms with Crippen LogP contribution in [0.2, 0.25) is 0 Å². The van der Waals surface area contributed by atoms with Gasteiger partial charge in [0, 0.05) is 12.8 Å². The minimum atomic E-state index is -3.22. The van der Waals surface area contributed by atoms with Gasteiger partial charge in [-0.2, -0.15) is 0 Å². The Bertz CT molecular complexity index is 650. The van der Waals surface area contributed by atoms with Crippen molar-refractivity contribution in [3.8, 4) is 0 Å². The van der Waals surface area contributed by atoms with Gasteiger partial charge >= 0.3 is 6.09 Å². The van der Waals surface area contributed by atoms with Crippen molar-refractivity contribution in [3.63, 3.8) is 0 Å². The second kappa shape index (κ2) is 7.96. The Kier molecular flexibility index (Phi) is 6.76. The van der Waals surface area contributed by atoms with Crippen LogP contribution in [0.25, 0.3) is 0 Å². The second-order valence-corrected chi connectivity index (χ2v) is 8.69. The molecule has 0 spiro atoms. The first-order valence-electron chi connectivity index (χ1n) is 7.58. The highest BCUT2D eigenvalue weighted by molar-refractivity contribution is 7.90. The number of benzene rings is 1. The lowest BCUT2D eigenvalue weighted by Crippen LogP contribution is -2.49. The summed E-state index contributed by atoms with van der Waals surface area (Å²) in [6.07, 6.45) is -0.436. The molecular formula is C16H26N2O5S. The summed E-state index contributed by atoms with van der Waals surface area (Å²) in [6, 6.07) is 5.81. The van der Waals surface area contributed by atoms with Crippen molar-refractivity contribution in [1.82, 2.24) is 10.6 Å². The van der Waals surface area contributed by atoms with E-state index in [1.165, 1.54) is 12.1 Å². The van der Waals surface area contributed by atoms with Crippen LogP contribution in [0.3, 0.4) is 0 Å². The SMILES string of the molecule is C[C@H](NC(=O)OC(C)(C)C)C(O)NCc1ccc(S(C)(=O)=O)cc1. The highest BCUT2D eigenvalue weighted by atomic mass is 32.2. The standard InChI is InChI=1S/C16H26N2O5S/c1-11(18-15(20)23-16(2,3)4)14(19)17-10-12-6-8-13(9-7-12)24(5,21)22/h6-9,11,14,17,19H,10H2,1-5H3,(H,18,20)/t11-,14?/m0/s1. The number of rotatable bonds is 6. The van der Waals surface area contributed by atoms with E-state index in [1.54, 1.807) is 39.8 Å². The van der Waals surface area contributed by atoms with Crippen LogP contribution in [0.4, 0.5) is 4.79 Å².